The third-order valence-electron chi connectivity index (χ3n) is 3.86. The summed E-state index contributed by atoms with van der Waals surface area (Å²) in [6.45, 7) is 2.10. The molecular formula is C19H20ClN5O3. The number of amides is 1. The Kier molecular flexibility index (Phi) is 6.83. The van der Waals surface area contributed by atoms with E-state index in [-0.39, 0.29) is 11.5 Å². The van der Waals surface area contributed by atoms with E-state index in [2.05, 4.69) is 25.6 Å². The van der Waals surface area contributed by atoms with Crippen molar-refractivity contribution in [2.75, 3.05) is 18.8 Å². The molecule has 0 aliphatic heterocycles. The van der Waals surface area contributed by atoms with Crippen LogP contribution in [0.15, 0.2) is 53.2 Å². The van der Waals surface area contributed by atoms with Gasteiger partial charge in [0.2, 0.25) is 11.5 Å². The SMILES string of the molecule is Nc1nonc1C(=O)NCCNCc1cccc(OCc2ccc(Cl)cc2)c1. The molecule has 0 fully saturated rings. The Hall–Kier alpha value is -3.10. The minimum absolute atomic E-state index is 0.00876. The van der Waals surface area contributed by atoms with E-state index in [1.165, 1.54) is 0 Å². The van der Waals surface area contributed by atoms with Gasteiger partial charge in [-0.2, -0.15) is 0 Å². The van der Waals surface area contributed by atoms with E-state index in [0.29, 0.717) is 31.3 Å². The largest absolute Gasteiger partial charge is 0.489 e. The number of nitrogens with one attached hydrogen (secondary N) is 2. The molecule has 4 N–H and O–H groups in total. The maximum atomic E-state index is 11.8. The van der Waals surface area contributed by atoms with Gasteiger partial charge in [0, 0.05) is 24.7 Å². The lowest BCUT2D eigenvalue weighted by molar-refractivity contribution is 0.0944. The number of rotatable bonds is 9. The molecule has 0 saturated heterocycles. The van der Waals surface area contributed by atoms with Gasteiger partial charge in [0.1, 0.15) is 12.4 Å². The number of carbonyl (C=O) groups is 1. The zero-order valence-corrected chi connectivity index (χ0v) is 15.8. The van der Waals surface area contributed by atoms with Crippen LogP contribution in [-0.4, -0.2) is 29.3 Å². The lowest BCUT2D eigenvalue weighted by Gasteiger charge is -2.09. The van der Waals surface area contributed by atoms with Gasteiger partial charge >= 0.3 is 0 Å². The van der Waals surface area contributed by atoms with Crippen molar-refractivity contribution in [3.63, 3.8) is 0 Å². The number of hydrogen-bond donors (Lipinski definition) is 3. The average molecular weight is 402 g/mol. The maximum Gasteiger partial charge on any atom is 0.277 e. The summed E-state index contributed by atoms with van der Waals surface area (Å²) in [5, 5.41) is 13.5. The second-order valence-corrected chi connectivity index (χ2v) is 6.43. The van der Waals surface area contributed by atoms with E-state index in [9.17, 15) is 4.79 Å². The van der Waals surface area contributed by atoms with Crippen LogP contribution in [0.25, 0.3) is 0 Å². The fourth-order valence-electron chi connectivity index (χ4n) is 2.43. The quantitative estimate of drug-likeness (QED) is 0.471. The minimum atomic E-state index is -0.418. The topological polar surface area (TPSA) is 115 Å². The number of halogens is 1. The number of nitrogen functional groups attached to an aromatic ring is 1. The molecule has 0 atom stereocenters. The van der Waals surface area contributed by atoms with Crippen molar-refractivity contribution >= 4 is 23.3 Å². The molecule has 8 nitrogen and oxygen atoms in total. The van der Waals surface area contributed by atoms with E-state index in [1.807, 2.05) is 48.5 Å². The Morgan fingerprint density at radius 1 is 1.11 bits per heavy atom. The molecule has 0 radical (unpaired) electrons. The predicted octanol–water partition coefficient (Wildman–Crippen LogP) is 2.40. The van der Waals surface area contributed by atoms with Crippen molar-refractivity contribution < 1.29 is 14.2 Å². The minimum Gasteiger partial charge on any atom is -0.489 e. The van der Waals surface area contributed by atoms with Gasteiger partial charge in [-0.25, -0.2) is 4.63 Å². The first-order chi connectivity index (χ1) is 13.6. The van der Waals surface area contributed by atoms with Crippen LogP contribution in [0.5, 0.6) is 5.75 Å². The molecular weight excluding hydrogens is 382 g/mol. The predicted molar refractivity (Wildman–Crippen MR) is 105 cm³/mol. The number of nitrogens with zero attached hydrogens (tertiary/aromatic N) is 2. The van der Waals surface area contributed by atoms with E-state index in [1.54, 1.807) is 0 Å². The summed E-state index contributed by atoms with van der Waals surface area (Å²) in [7, 11) is 0. The van der Waals surface area contributed by atoms with Gasteiger partial charge in [-0.1, -0.05) is 35.9 Å². The van der Waals surface area contributed by atoms with Crippen LogP contribution >= 0.6 is 11.6 Å². The van der Waals surface area contributed by atoms with Gasteiger partial charge in [0.15, 0.2) is 0 Å². The molecule has 0 saturated carbocycles. The smallest absolute Gasteiger partial charge is 0.277 e. The van der Waals surface area contributed by atoms with Crippen LogP contribution < -0.4 is 21.1 Å². The van der Waals surface area contributed by atoms with E-state index in [4.69, 9.17) is 22.1 Å². The molecule has 28 heavy (non-hydrogen) atoms. The number of carbonyl (C=O) groups excluding carboxylic acids is 1. The van der Waals surface area contributed by atoms with Crippen LogP contribution in [0, 0.1) is 0 Å². The van der Waals surface area contributed by atoms with Crippen LogP contribution in [-0.2, 0) is 13.2 Å². The molecule has 0 aliphatic carbocycles. The molecule has 0 bridgehead atoms. The van der Waals surface area contributed by atoms with Gasteiger partial charge in [-0.05, 0) is 45.7 Å². The number of benzene rings is 2. The first-order valence-corrected chi connectivity index (χ1v) is 9.03. The van der Waals surface area contributed by atoms with Crippen LogP contribution in [0.2, 0.25) is 5.02 Å². The van der Waals surface area contributed by atoms with Crippen molar-refractivity contribution in [1.29, 1.82) is 0 Å². The number of hydrogen-bond acceptors (Lipinski definition) is 7. The zero-order chi connectivity index (χ0) is 19.8. The van der Waals surface area contributed by atoms with Gasteiger partial charge in [-0.3, -0.25) is 4.79 Å². The van der Waals surface area contributed by atoms with Gasteiger partial charge in [-0.15, -0.1) is 0 Å². The van der Waals surface area contributed by atoms with Crippen LogP contribution in [0.1, 0.15) is 21.6 Å². The summed E-state index contributed by atoms with van der Waals surface area (Å²) < 4.78 is 10.2. The van der Waals surface area contributed by atoms with Gasteiger partial charge < -0.3 is 21.1 Å². The summed E-state index contributed by atoms with van der Waals surface area (Å²) in [6, 6.07) is 15.4. The average Bonchev–Trinajstić information content (AvgIpc) is 3.13. The van der Waals surface area contributed by atoms with Gasteiger partial charge in [0.05, 0.1) is 0 Å². The van der Waals surface area contributed by atoms with Crippen LogP contribution in [0.4, 0.5) is 5.82 Å². The Labute approximate surface area is 167 Å². The van der Waals surface area contributed by atoms with Gasteiger partial charge in [0.25, 0.3) is 5.91 Å². The van der Waals surface area contributed by atoms with Crippen molar-refractivity contribution in [2.45, 2.75) is 13.2 Å². The van der Waals surface area contributed by atoms with Crippen molar-refractivity contribution in [3.8, 4) is 5.75 Å². The number of ether oxygens (including phenoxy) is 1. The third-order valence-corrected chi connectivity index (χ3v) is 4.11. The zero-order valence-electron chi connectivity index (χ0n) is 15.0. The molecule has 2 aromatic carbocycles. The molecule has 9 heteroatoms. The normalized spacial score (nSPS) is 10.6. The first-order valence-electron chi connectivity index (χ1n) is 8.65. The van der Waals surface area contributed by atoms with Crippen LogP contribution in [0.3, 0.4) is 0 Å². The fraction of sp³-hybridized carbons (Fsp3) is 0.211. The lowest BCUT2D eigenvalue weighted by atomic mass is 10.2. The lowest BCUT2D eigenvalue weighted by Crippen LogP contribution is -2.32. The highest BCUT2D eigenvalue weighted by molar-refractivity contribution is 6.30. The highest BCUT2D eigenvalue weighted by atomic mass is 35.5. The monoisotopic (exact) mass is 401 g/mol. The van der Waals surface area contributed by atoms with Crippen molar-refractivity contribution in [3.05, 3.63) is 70.4 Å². The van der Waals surface area contributed by atoms with E-state index < -0.39 is 5.91 Å². The molecule has 0 unspecified atom stereocenters. The standard InChI is InChI=1S/C19H20ClN5O3/c20-15-6-4-13(5-7-15)12-27-16-3-1-2-14(10-16)11-22-8-9-23-19(26)17-18(21)25-28-24-17/h1-7,10,22H,8-9,11-12H2,(H2,21,25)(H,23,26). The van der Waals surface area contributed by atoms with E-state index >= 15 is 0 Å². The number of anilines is 1. The molecule has 1 heterocycles. The molecule has 0 spiro atoms. The molecule has 3 aromatic rings. The molecule has 3 rings (SSSR count). The van der Waals surface area contributed by atoms with Crippen molar-refractivity contribution in [2.24, 2.45) is 0 Å². The summed E-state index contributed by atoms with van der Waals surface area (Å²) in [6.07, 6.45) is 0. The Morgan fingerprint density at radius 2 is 1.93 bits per heavy atom. The second kappa shape index (κ2) is 9.72. The Bertz CT molecular complexity index is 914. The molecule has 1 aromatic heterocycles. The summed E-state index contributed by atoms with van der Waals surface area (Å²) >= 11 is 5.88. The summed E-state index contributed by atoms with van der Waals surface area (Å²) in [4.78, 5) is 11.8. The molecule has 1 amide bonds. The molecule has 0 aliphatic rings. The van der Waals surface area contributed by atoms with Crippen molar-refractivity contribution in [1.82, 2.24) is 20.9 Å². The highest BCUT2D eigenvalue weighted by Crippen LogP contribution is 2.16. The summed E-state index contributed by atoms with van der Waals surface area (Å²) in [5.74, 6) is 0.343. The first kappa shape index (κ1) is 19.7. The van der Waals surface area contributed by atoms with E-state index in [0.717, 1.165) is 16.9 Å². The fourth-order valence-corrected chi connectivity index (χ4v) is 2.55. The second-order valence-electron chi connectivity index (χ2n) is 5.99. The maximum absolute atomic E-state index is 11.8. The number of nitrogens with two attached hydrogens (primary N) is 1. The summed E-state index contributed by atoms with van der Waals surface area (Å²) in [5.41, 5.74) is 7.58. The number of aromatic nitrogens is 2. The highest BCUT2D eigenvalue weighted by Gasteiger charge is 2.14. The Balaban J connectivity index is 1.39. The third kappa shape index (κ3) is 5.70. The Morgan fingerprint density at radius 3 is 2.68 bits per heavy atom. The molecule has 146 valence electrons.